The van der Waals surface area contributed by atoms with E-state index in [2.05, 4.69) is 0 Å². The van der Waals surface area contributed by atoms with E-state index in [1.807, 2.05) is 6.92 Å². The first-order chi connectivity index (χ1) is 11.4. The lowest BCUT2D eigenvalue weighted by atomic mass is 9.74. The third-order valence-corrected chi connectivity index (χ3v) is 4.31. The lowest BCUT2D eigenvalue weighted by Gasteiger charge is -2.29. The summed E-state index contributed by atoms with van der Waals surface area (Å²) in [5.41, 5.74) is -0.696. The summed E-state index contributed by atoms with van der Waals surface area (Å²) in [7, 11) is 0. The molecule has 1 aromatic rings. The summed E-state index contributed by atoms with van der Waals surface area (Å²) in [5.74, 6) is -0.766. The SMILES string of the molecule is CCCC[C@](CCc1ccccc1[N+](=O)[O-])(C(C)=O)C(=O)OCC. The molecule has 0 amide bonds. The van der Waals surface area contributed by atoms with Crippen LogP contribution in [0.4, 0.5) is 5.69 Å². The average molecular weight is 335 g/mol. The molecule has 0 aliphatic heterocycles. The van der Waals surface area contributed by atoms with Crippen LogP contribution in [0.2, 0.25) is 0 Å². The van der Waals surface area contributed by atoms with Gasteiger partial charge in [0.1, 0.15) is 11.2 Å². The van der Waals surface area contributed by atoms with Crippen molar-refractivity contribution in [2.75, 3.05) is 6.61 Å². The van der Waals surface area contributed by atoms with E-state index < -0.39 is 16.3 Å². The van der Waals surface area contributed by atoms with E-state index in [-0.39, 0.29) is 30.9 Å². The number of carbonyl (C=O) groups is 2. The van der Waals surface area contributed by atoms with E-state index in [1.165, 1.54) is 13.0 Å². The second-order valence-electron chi connectivity index (χ2n) is 5.85. The molecule has 0 aromatic heterocycles. The van der Waals surface area contributed by atoms with Gasteiger partial charge < -0.3 is 4.74 Å². The maximum absolute atomic E-state index is 12.5. The van der Waals surface area contributed by atoms with Gasteiger partial charge in [0.15, 0.2) is 0 Å². The van der Waals surface area contributed by atoms with Crippen LogP contribution in [-0.2, 0) is 20.7 Å². The lowest BCUT2D eigenvalue weighted by Crippen LogP contribution is -2.40. The fourth-order valence-corrected chi connectivity index (χ4v) is 2.82. The Hall–Kier alpha value is -2.24. The second kappa shape index (κ2) is 9.15. The normalized spacial score (nSPS) is 13.1. The topological polar surface area (TPSA) is 86.5 Å². The molecule has 0 spiro atoms. The van der Waals surface area contributed by atoms with E-state index in [0.717, 1.165) is 12.8 Å². The van der Waals surface area contributed by atoms with E-state index in [1.54, 1.807) is 25.1 Å². The Morgan fingerprint density at radius 1 is 1.21 bits per heavy atom. The maximum Gasteiger partial charge on any atom is 0.319 e. The monoisotopic (exact) mass is 335 g/mol. The summed E-state index contributed by atoms with van der Waals surface area (Å²) in [5, 5.41) is 11.1. The van der Waals surface area contributed by atoms with Crippen LogP contribution >= 0.6 is 0 Å². The molecule has 0 saturated heterocycles. The molecule has 0 aliphatic rings. The maximum atomic E-state index is 12.5. The first-order valence-electron chi connectivity index (χ1n) is 8.29. The zero-order chi connectivity index (χ0) is 18.2. The van der Waals surface area contributed by atoms with Gasteiger partial charge in [0.25, 0.3) is 5.69 Å². The number of nitrogens with zero attached hydrogens (tertiary/aromatic N) is 1. The lowest BCUT2D eigenvalue weighted by molar-refractivity contribution is -0.385. The summed E-state index contributed by atoms with van der Waals surface area (Å²) >= 11 is 0. The van der Waals surface area contributed by atoms with Gasteiger partial charge >= 0.3 is 5.97 Å². The second-order valence-corrected chi connectivity index (χ2v) is 5.85. The predicted octanol–water partition coefficient (Wildman–Crippen LogP) is 3.86. The molecular weight excluding hydrogens is 310 g/mol. The van der Waals surface area contributed by atoms with E-state index in [0.29, 0.717) is 12.0 Å². The number of ether oxygens (including phenoxy) is 1. The molecule has 1 aromatic carbocycles. The third kappa shape index (κ3) is 4.63. The van der Waals surface area contributed by atoms with Crippen molar-refractivity contribution < 1.29 is 19.2 Å². The molecule has 0 saturated carbocycles. The highest BCUT2D eigenvalue weighted by Crippen LogP contribution is 2.35. The van der Waals surface area contributed by atoms with Crippen LogP contribution in [0.3, 0.4) is 0 Å². The minimum absolute atomic E-state index is 0.00861. The Balaban J connectivity index is 3.10. The molecule has 0 heterocycles. The van der Waals surface area contributed by atoms with Crippen molar-refractivity contribution in [3.8, 4) is 0 Å². The number of ketones is 1. The van der Waals surface area contributed by atoms with Gasteiger partial charge in [-0.05, 0) is 33.1 Å². The van der Waals surface area contributed by atoms with E-state index in [4.69, 9.17) is 4.74 Å². The van der Waals surface area contributed by atoms with Gasteiger partial charge in [-0.15, -0.1) is 0 Å². The highest BCUT2D eigenvalue weighted by atomic mass is 16.6. The molecule has 24 heavy (non-hydrogen) atoms. The number of esters is 1. The van der Waals surface area contributed by atoms with Crippen LogP contribution < -0.4 is 0 Å². The molecule has 1 rings (SSSR count). The highest BCUT2D eigenvalue weighted by molar-refractivity contribution is 6.02. The first kappa shape index (κ1) is 19.8. The van der Waals surface area contributed by atoms with Crippen LogP contribution in [0.25, 0.3) is 0 Å². The first-order valence-corrected chi connectivity index (χ1v) is 8.29. The molecular formula is C18H25NO5. The largest absolute Gasteiger partial charge is 0.465 e. The number of rotatable bonds is 10. The number of unbranched alkanes of at least 4 members (excludes halogenated alkanes) is 1. The predicted molar refractivity (Wildman–Crippen MR) is 90.7 cm³/mol. The smallest absolute Gasteiger partial charge is 0.319 e. The summed E-state index contributed by atoms with van der Waals surface area (Å²) in [6.07, 6.45) is 2.46. The third-order valence-electron chi connectivity index (χ3n) is 4.31. The van der Waals surface area contributed by atoms with Gasteiger partial charge in [-0.1, -0.05) is 38.0 Å². The number of hydrogen-bond donors (Lipinski definition) is 0. The van der Waals surface area contributed by atoms with Crippen LogP contribution in [0.15, 0.2) is 24.3 Å². The van der Waals surface area contributed by atoms with Crippen molar-refractivity contribution in [1.82, 2.24) is 0 Å². The molecule has 132 valence electrons. The number of nitro groups is 1. The van der Waals surface area contributed by atoms with Crippen LogP contribution in [-0.4, -0.2) is 23.3 Å². The molecule has 0 aliphatic carbocycles. The number of aryl methyl sites for hydroxylation is 1. The van der Waals surface area contributed by atoms with Crippen LogP contribution in [0, 0.1) is 15.5 Å². The Kier molecular flexibility index (Phi) is 7.55. The Morgan fingerprint density at radius 3 is 2.42 bits per heavy atom. The molecule has 6 heteroatoms. The number of carbonyl (C=O) groups excluding carboxylic acids is 2. The van der Waals surface area contributed by atoms with Crippen molar-refractivity contribution in [1.29, 1.82) is 0 Å². The Bertz CT molecular complexity index is 599. The quantitative estimate of drug-likeness (QED) is 0.280. The van der Waals surface area contributed by atoms with Crippen molar-refractivity contribution in [3.05, 3.63) is 39.9 Å². The minimum Gasteiger partial charge on any atom is -0.465 e. The number of Topliss-reactive ketones (excluding diaryl/α,β-unsaturated/α-hetero) is 1. The zero-order valence-corrected chi connectivity index (χ0v) is 14.5. The summed E-state index contributed by atoms with van der Waals surface area (Å²) in [6.45, 7) is 5.28. The molecule has 6 nitrogen and oxygen atoms in total. The van der Waals surface area contributed by atoms with Crippen LogP contribution in [0.5, 0.6) is 0 Å². The summed E-state index contributed by atoms with van der Waals surface area (Å²) in [4.78, 5) is 35.5. The molecule has 0 bridgehead atoms. The zero-order valence-electron chi connectivity index (χ0n) is 14.5. The van der Waals surface area contributed by atoms with Crippen molar-refractivity contribution in [2.24, 2.45) is 5.41 Å². The standard InChI is InChI=1S/C18H25NO5/c1-4-6-12-18(14(3)20,17(21)24-5-2)13-11-15-9-7-8-10-16(15)19(22)23/h7-10H,4-6,11-13H2,1-3H3/t18-/m0/s1. The molecule has 0 radical (unpaired) electrons. The Labute approximate surface area is 142 Å². The van der Waals surface area contributed by atoms with Crippen molar-refractivity contribution >= 4 is 17.4 Å². The molecule has 0 fully saturated rings. The number of hydrogen-bond acceptors (Lipinski definition) is 5. The highest BCUT2D eigenvalue weighted by Gasteiger charge is 2.43. The van der Waals surface area contributed by atoms with Gasteiger partial charge in [-0.3, -0.25) is 19.7 Å². The van der Waals surface area contributed by atoms with Gasteiger partial charge in [0.2, 0.25) is 0 Å². The number of para-hydroxylation sites is 1. The molecule has 1 atom stereocenters. The number of nitro benzene ring substituents is 1. The Morgan fingerprint density at radius 2 is 1.88 bits per heavy atom. The van der Waals surface area contributed by atoms with Gasteiger partial charge in [0.05, 0.1) is 11.5 Å². The summed E-state index contributed by atoms with van der Waals surface area (Å²) < 4.78 is 5.14. The number of benzene rings is 1. The van der Waals surface area contributed by atoms with Crippen LogP contribution in [0.1, 0.15) is 52.0 Å². The van der Waals surface area contributed by atoms with E-state index >= 15 is 0 Å². The van der Waals surface area contributed by atoms with Crippen molar-refractivity contribution in [2.45, 2.75) is 52.9 Å². The van der Waals surface area contributed by atoms with Crippen molar-refractivity contribution in [3.63, 3.8) is 0 Å². The van der Waals surface area contributed by atoms with Gasteiger partial charge in [0, 0.05) is 11.6 Å². The fourth-order valence-electron chi connectivity index (χ4n) is 2.82. The summed E-state index contributed by atoms with van der Waals surface area (Å²) in [6, 6.07) is 6.41. The average Bonchev–Trinajstić information content (AvgIpc) is 2.55. The minimum atomic E-state index is -1.23. The van der Waals surface area contributed by atoms with E-state index in [9.17, 15) is 19.7 Å². The fraction of sp³-hybridized carbons (Fsp3) is 0.556. The molecule has 0 N–H and O–H groups in total. The molecule has 0 unspecified atom stereocenters. The van der Waals surface area contributed by atoms with Gasteiger partial charge in [-0.2, -0.15) is 0 Å². The van der Waals surface area contributed by atoms with Gasteiger partial charge in [-0.25, -0.2) is 0 Å².